The van der Waals surface area contributed by atoms with Gasteiger partial charge in [-0.25, -0.2) is 13.6 Å². The van der Waals surface area contributed by atoms with Crippen molar-refractivity contribution in [1.82, 2.24) is 10.0 Å². The molecule has 0 amide bonds. The highest BCUT2D eigenvalue weighted by molar-refractivity contribution is 8.00. The van der Waals surface area contributed by atoms with E-state index in [4.69, 9.17) is 9.88 Å². The minimum absolute atomic E-state index is 0.144. The summed E-state index contributed by atoms with van der Waals surface area (Å²) in [6.07, 6.45) is 0. The van der Waals surface area contributed by atoms with Gasteiger partial charge in [-0.2, -0.15) is 0 Å². The van der Waals surface area contributed by atoms with Gasteiger partial charge in [0.15, 0.2) is 0 Å². The minimum atomic E-state index is -3.65. The SMILES string of the molecule is CCNC(COCC)C1CNSc2sc(S(N)(=O)=O)cc21. The third-order valence-corrected chi connectivity index (χ3v) is 6.90. The summed E-state index contributed by atoms with van der Waals surface area (Å²) in [6.45, 7) is 6.88. The molecule has 2 unspecified atom stereocenters. The average molecular weight is 352 g/mol. The van der Waals surface area contributed by atoms with Crippen LogP contribution in [0.15, 0.2) is 14.5 Å². The van der Waals surface area contributed by atoms with E-state index in [1.807, 2.05) is 13.8 Å². The molecule has 2 atom stereocenters. The topological polar surface area (TPSA) is 93.4 Å². The quantitative estimate of drug-likeness (QED) is 0.637. The van der Waals surface area contributed by atoms with Crippen molar-refractivity contribution in [3.8, 4) is 0 Å². The maximum Gasteiger partial charge on any atom is 0.247 e. The van der Waals surface area contributed by atoms with Gasteiger partial charge in [0.05, 0.1) is 10.8 Å². The lowest BCUT2D eigenvalue weighted by Gasteiger charge is -2.31. The van der Waals surface area contributed by atoms with Crippen LogP contribution < -0.4 is 15.2 Å². The Labute approximate surface area is 134 Å². The summed E-state index contributed by atoms with van der Waals surface area (Å²) in [6, 6.07) is 1.86. The third-order valence-electron chi connectivity index (χ3n) is 3.30. The Morgan fingerprint density at radius 2 is 2.33 bits per heavy atom. The van der Waals surface area contributed by atoms with E-state index in [0.29, 0.717) is 13.2 Å². The highest BCUT2D eigenvalue weighted by atomic mass is 32.3. The Bertz CT molecular complexity index is 574. The van der Waals surface area contributed by atoms with Gasteiger partial charge in [-0.1, -0.05) is 6.92 Å². The van der Waals surface area contributed by atoms with Crippen molar-refractivity contribution in [3.63, 3.8) is 0 Å². The molecule has 2 heterocycles. The van der Waals surface area contributed by atoms with Crippen molar-refractivity contribution >= 4 is 33.3 Å². The third kappa shape index (κ3) is 4.19. The van der Waals surface area contributed by atoms with E-state index in [1.54, 1.807) is 6.07 Å². The van der Waals surface area contributed by atoms with Crippen LogP contribution in [0.3, 0.4) is 0 Å². The molecule has 4 N–H and O–H groups in total. The summed E-state index contributed by atoms with van der Waals surface area (Å²) < 4.78 is 33.1. The molecular weight excluding hydrogens is 330 g/mol. The second-order valence-electron chi connectivity index (χ2n) is 4.73. The van der Waals surface area contributed by atoms with E-state index in [2.05, 4.69) is 10.0 Å². The highest BCUT2D eigenvalue weighted by Crippen LogP contribution is 2.41. The fourth-order valence-electron chi connectivity index (χ4n) is 2.33. The van der Waals surface area contributed by atoms with Crippen LogP contribution in [0.1, 0.15) is 25.3 Å². The first-order chi connectivity index (χ1) is 9.97. The van der Waals surface area contributed by atoms with Gasteiger partial charge in [0.25, 0.3) is 0 Å². The predicted octanol–water partition coefficient (Wildman–Crippen LogP) is 1.10. The molecule has 0 saturated heterocycles. The van der Waals surface area contributed by atoms with Crippen molar-refractivity contribution in [2.45, 2.75) is 34.2 Å². The van der Waals surface area contributed by atoms with Gasteiger partial charge >= 0.3 is 0 Å². The van der Waals surface area contributed by atoms with Gasteiger partial charge in [0, 0.05) is 25.1 Å². The monoisotopic (exact) mass is 351 g/mol. The number of ether oxygens (including phenoxy) is 1. The lowest BCUT2D eigenvalue weighted by molar-refractivity contribution is 0.114. The van der Waals surface area contributed by atoms with Gasteiger partial charge in [-0.15, -0.1) is 11.3 Å². The van der Waals surface area contributed by atoms with Crippen molar-refractivity contribution < 1.29 is 13.2 Å². The van der Waals surface area contributed by atoms with Crippen molar-refractivity contribution in [2.24, 2.45) is 5.14 Å². The number of likely N-dealkylation sites (N-methyl/N-ethyl adjacent to an activating group) is 1. The molecule has 1 aliphatic heterocycles. The van der Waals surface area contributed by atoms with E-state index in [1.165, 1.54) is 23.3 Å². The van der Waals surface area contributed by atoms with Crippen LogP contribution in [0.2, 0.25) is 0 Å². The van der Waals surface area contributed by atoms with Crippen LogP contribution in [-0.4, -0.2) is 40.8 Å². The molecule has 120 valence electrons. The summed E-state index contributed by atoms with van der Waals surface area (Å²) in [5, 5.41) is 8.67. The molecule has 1 aromatic rings. The molecule has 0 aliphatic carbocycles. The summed E-state index contributed by atoms with van der Waals surface area (Å²) in [7, 11) is -3.65. The van der Waals surface area contributed by atoms with E-state index >= 15 is 0 Å². The van der Waals surface area contributed by atoms with Crippen molar-refractivity contribution in [1.29, 1.82) is 0 Å². The second kappa shape index (κ2) is 7.40. The molecule has 9 heteroatoms. The van der Waals surface area contributed by atoms with Crippen LogP contribution in [0.25, 0.3) is 0 Å². The summed E-state index contributed by atoms with van der Waals surface area (Å²) >= 11 is 2.69. The Kier molecular flexibility index (Phi) is 6.06. The first kappa shape index (κ1) is 17.2. The summed E-state index contributed by atoms with van der Waals surface area (Å²) in [4.78, 5) is 0. The van der Waals surface area contributed by atoms with Gasteiger partial charge in [0.2, 0.25) is 10.0 Å². The second-order valence-corrected chi connectivity index (χ2v) is 8.73. The van der Waals surface area contributed by atoms with Gasteiger partial charge < -0.3 is 10.1 Å². The van der Waals surface area contributed by atoms with Gasteiger partial charge in [-0.05, 0) is 37.0 Å². The molecular formula is C12H21N3O3S3. The zero-order chi connectivity index (χ0) is 15.5. The van der Waals surface area contributed by atoms with Crippen LogP contribution >= 0.6 is 23.3 Å². The molecule has 0 radical (unpaired) electrons. The number of hydrogen-bond acceptors (Lipinski definition) is 7. The Morgan fingerprint density at radius 1 is 1.57 bits per heavy atom. The van der Waals surface area contributed by atoms with Crippen LogP contribution in [-0.2, 0) is 14.8 Å². The normalized spacial score (nSPS) is 20.2. The smallest absolute Gasteiger partial charge is 0.247 e. The molecule has 1 aliphatic rings. The first-order valence-electron chi connectivity index (χ1n) is 6.84. The van der Waals surface area contributed by atoms with E-state index in [9.17, 15) is 8.42 Å². The standard InChI is InChI=1S/C12H21N3O3S3/c1-3-14-10(7-18-4-2)9-6-15-20-12-8(9)5-11(19-12)21(13,16)17/h5,9-10,14-15H,3-4,6-7H2,1-2H3,(H2,13,16,17). The molecule has 0 bridgehead atoms. The average Bonchev–Trinajstić information content (AvgIpc) is 2.87. The Morgan fingerprint density at radius 3 is 2.95 bits per heavy atom. The van der Waals surface area contributed by atoms with E-state index in [-0.39, 0.29) is 16.2 Å². The van der Waals surface area contributed by atoms with Gasteiger partial charge in [-0.3, -0.25) is 4.72 Å². The maximum atomic E-state index is 11.5. The van der Waals surface area contributed by atoms with Crippen LogP contribution in [0.5, 0.6) is 0 Å². The zero-order valence-corrected chi connectivity index (χ0v) is 14.5. The molecule has 1 aromatic heterocycles. The van der Waals surface area contributed by atoms with E-state index < -0.39 is 10.0 Å². The predicted molar refractivity (Wildman–Crippen MR) is 86.3 cm³/mol. The summed E-state index contributed by atoms with van der Waals surface area (Å²) in [5.41, 5.74) is 1.04. The van der Waals surface area contributed by atoms with Crippen LogP contribution in [0, 0.1) is 0 Å². The number of sulfonamides is 1. The van der Waals surface area contributed by atoms with E-state index in [0.717, 1.165) is 22.9 Å². The van der Waals surface area contributed by atoms with Crippen molar-refractivity contribution in [2.75, 3.05) is 26.3 Å². The summed E-state index contributed by atoms with van der Waals surface area (Å²) in [5.74, 6) is 0.166. The number of fused-ring (bicyclic) bond motifs is 1. The van der Waals surface area contributed by atoms with Crippen molar-refractivity contribution in [3.05, 3.63) is 11.6 Å². The molecule has 6 nitrogen and oxygen atoms in total. The molecule has 0 spiro atoms. The number of rotatable bonds is 7. The minimum Gasteiger partial charge on any atom is -0.380 e. The highest BCUT2D eigenvalue weighted by Gasteiger charge is 2.31. The molecule has 21 heavy (non-hydrogen) atoms. The van der Waals surface area contributed by atoms with Crippen LogP contribution in [0.4, 0.5) is 0 Å². The first-order valence-corrected chi connectivity index (χ1v) is 10.0. The largest absolute Gasteiger partial charge is 0.380 e. The number of thiophene rings is 1. The van der Waals surface area contributed by atoms with Gasteiger partial charge in [0.1, 0.15) is 4.21 Å². The molecule has 0 fully saturated rings. The molecule has 0 saturated carbocycles. The zero-order valence-electron chi connectivity index (χ0n) is 12.1. The Balaban J connectivity index is 2.29. The lowest BCUT2D eigenvalue weighted by atomic mass is 9.94. The fraction of sp³-hybridized carbons (Fsp3) is 0.667. The lowest BCUT2D eigenvalue weighted by Crippen LogP contribution is -2.43. The molecule has 0 aromatic carbocycles. The maximum absolute atomic E-state index is 11.5. The number of nitrogens with one attached hydrogen (secondary N) is 2. The molecule has 2 rings (SSSR count). The fourth-order valence-corrected chi connectivity index (χ4v) is 5.53. The Hall–Kier alpha value is -0.160. The number of nitrogens with two attached hydrogens (primary N) is 1. The number of hydrogen-bond donors (Lipinski definition) is 3. The number of primary sulfonamides is 1.